The summed E-state index contributed by atoms with van der Waals surface area (Å²) in [6.07, 6.45) is 2.84. The number of rotatable bonds is 9. The van der Waals surface area contributed by atoms with Gasteiger partial charge in [0, 0.05) is 16.6 Å². The van der Waals surface area contributed by atoms with Gasteiger partial charge in [-0.25, -0.2) is 9.65 Å². The summed E-state index contributed by atoms with van der Waals surface area (Å²) in [5, 5.41) is 4.27. The first kappa shape index (κ1) is 19.8. The van der Waals surface area contributed by atoms with Crippen LogP contribution in [0.1, 0.15) is 33.1 Å². The van der Waals surface area contributed by atoms with Gasteiger partial charge in [-0.05, 0) is 24.8 Å². The number of benzene rings is 2. The van der Waals surface area contributed by atoms with Crippen molar-refractivity contribution >= 4 is 34.9 Å². The normalized spacial score (nSPS) is 14.7. The van der Waals surface area contributed by atoms with E-state index in [0.29, 0.717) is 12.4 Å². The first-order chi connectivity index (χ1) is 11.9. The van der Waals surface area contributed by atoms with Gasteiger partial charge in [0.05, 0.1) is 6.61 Å². The van der Waals surface area contributed by atoms with E-state index in [0.717, 1.165) is 30.0 Å². The lowest BCUT2D eigenvalue weighted by Crippen LogP contribution is -2.33. The summed E-state index contributed by atoms with van der Waals surface area (Å²) in [6.45, 7) is 0.206. The predicted molar refractivity (Wildman–Crippen MR) is 101 cm³/mol. The van der Waals surface area contributed by atoms with Crippen molar-refractivity contribution in [1.29, 1.82) is 0 Å². The number of carbonyl (C=O) groups is 1. The molecule has 2 atom stereocenters. The summed E-state index contributed by atoms with van der Waals surface area (Å²) in [4.78, 5) is 11.9. The van der Waals surface area contributed by atoms with E-state index >= 15 is 0 Å². The van der Waals surface area contributed by atoms with Gasteiger partial charge >= 0.3 is 12.8 Å². The van der Waals surface area contributed by atoms with Gasteiger partial charge in [0.25, 0.3) is 0 Å². The zero-order valence-electron chi connectivity index (χ0n) is 14.4. The van der Waals surface area contributed by atoms with Crippen LogP contribution in [0.15, 0.2) is 42.5 Å². The first-order valence-electron chi connectivity index (χ1n) is 8.34. The van der Waals surface area contributed by atoms with Gasteiger partial charge in [0.2, 0.25) is 0 Å². The van der Waals surface area contributed by atoms with Crippen molar-refractivity contribution in [1.82, 2.24) is 5.09 Å². The summed E-state index contributed by atoms with van der Waals surface area (Å²) in [5.41, 5.74) is 0. The number of esters is 1. The van der Waals surface area contributed by atoms with Gasteiger partial charge in [-0.2, -0.15) is 0 Å². The zero-order valence-corrected chi connectivity index (χ0v) is 16.1. The van der Waals surface area contributed by atoms with Crippen LogP contribution in [0, 0.1) is 0 Å². The molecule has 7 heteroatoms. The molecule has 0 aromatic heterocycles. The van der Waals surface area contributed by atoms with Gasteiger partial charge in [-0.15, -0.1) is 0 Å². The molecule has 0 bridgehead atoms. The molecule has 0 radical (unpaired) electrons. The van der Waals surface area contributed by atoms with E-state index in [9.17, 15) is 9.36 Å². The number of halogens is 1. The Morgan fingerprint density at radius 2 is 1.92 bits per heavy atom. The molecule has 0 saturated carbocycles. The minimum Gasteiger partial charge on any atom is -0.465 e. The van der Waals surface area contributed by atoms with Crippen molar-refractivity contribution in [2.45, 2.75) is 39.2 Å². The first-order valence-corrected chi connectivity index (χ1v) is 10.9. The second-order valence-electron chi connectivity index (χ2n) is 5.77. The topological polar surface area (TPSA) is 64.6 Å². The van der Waals surface area contributed by atoms with Crippen LogP contribution in [-0.2, 0) is 14.1 Å². The van der Waals surface area contributed by atoms with Crippen molar-refractivity contribution in [3.05, 3.63) is 42.5 Å². The standard InChI is InChI=1S/C18H23ClNO4P/c1-3-4-7-13-23-18(21)14(2)20-25(19,22)24-17-12-8-10-15-9-5-6-11-16(15)17/h5-6,8-12,14H,3-4,7,13H2,1-2H3,(H,20,22)/t14-,25?/m0/s1. The summed E-state index contributed by atoms with van der Waals surface area (Å²) < 4.78 is 23.2. The molecule has 5 nitrogen and oxygen atoms in total. The smallest absolute Gasteiger partial charge is 0.409 e. The van der Waals surface area contributed by atoms with Crippen LogP contribution >= 0.6 is 18.1 Å². The molecule has 2 aromatic carbocycles. The molecule has 1 N–H and O–H groups in total. The average Bonchev–Trinajstić information content (AvgIpc) is 2.58. The molecule has 2 aromatic rings. The largest absolute Gasteiger partial charge is 0.465 e. The van der Waals surface area contributed by atoms with E-state index in [-0.39, 0.29) is 0 Å². The van der Waals surface area contributed by atoms with Crippen LogP contribution in [-0.4, -0.2) is 18.6 Å². The summed E-state index contributed by atoms with van der Waals surface area (Å²) in [7, 11) is 0. The highest BCUT2D eigenvalue weighted by molar-refractivity contribution is 7.84. The second kappa shape index (κ2) is 9.23. The fourth-order valence-corrected chi connectivity index (χ4v) is 4.06. The fourth-order valence-electron chi connectivity index (χ4n) is 2.36. The van der Waals surface area contributed by atoms with Gasteiger partial charge in [-0.3, -0.25) is 4.79 Å². The average molecular weight is 384 g/mol. The number of ether oxygens (including phenoxy) is 1. The third kappa shape index (κ3) is 6.03. The minimum atomic E-state index is -3.75. The predicted octanol–water partition coefficient (Wildman–Crippen LogP) is 5.28. The minimum absolute atomic E-state index is 0.343. The monoisotopic (exact) mass is 383 g/mol. The van der Waals surface area contributed by atoms with E-state index in [1.807, 2.05) is 30.3 Å². The molecule has 0 aliphatic carbocycles. The van der Waals surface area contributed by atoms with Crippen LogP contribution in [0.4, 0.5) is 0 Å². The zero-order chi connectivity index (χ0) is 18.3. The van der Waals surface area contributed by atoms with E-state index in [1.54, 1.807) is 19.1 Å². The highest BCUT2D eigenvalue weighted by Gasteiger charge is 2.28. The molecule has 0 spiro atoms. The Bertz CT molecular complexity index is 762. The lowest BCUT2D eigenvalue weighted by atomic mass is 10.1. The number of carbonyl (C=O) groups excluding carboxylic acids is 1. The summed E-state index contributed by atoms with van der Waals surface area (Å²) in [5.74, 6) is -0.106. The van der Waals surface area contributed by atoms with Crippen LogP contribution in [0.5, 0.6) is 5.75 Å². The molecular weight excluding hydrogens is 361 g/mol. The van der Waals surface area contributed by atoms with Crippen LogP contribution in [0.3, 0.4) is 0 Å². The lowest BCUT2D eigenvalue weighted by Gasteiger charge is -2.19. The fraction of sp³-hybridized carbons (Fsp3) is 0.389. The number of unbranched alkanes of at least 4 members (excludes halogenated alkanes) is 2. The molecular formula is C18H23ClNO4P. The molecule has 0 aliphatic rings. The van der Waals surface area contributed by atoms with Crippen LogP contribution < -0.4 is 9.61 Å². The summed E-state index contributed by atoms with van der Waals surface area (Å²) in [6, 6.07) is 12.1. The Hall–Kier alpha value is -1.55. The molecule has 25 heavy (non-hydrogen) atoms. The highest BCUT2D eigenvalue weighted by Crippen LogP contribution is 2.50. The van der Waals surface area contributed by atoms with Gasteiger partial charge in [0.1, 0.15) is 11.8 Å². The van der Waals surface area contributed by atoms with Crippen molar-refractivity contribution in [2.24, 2.45) is 0 Å². The van der Waals surface area contributed by atoms with Crippen molar-refractivity contribution in [2.75, 3.05) is 6.61 Å². The molecule has 2 rings (SSSR count). The van der Waals surface area contributed by atoms with E-state index in [4.69, 9.17) is 20.5 Å². The van der Waals surface area contributed by atoms with Crippen LogP contribution in [0.2, 0.25) is 0 Å². The van der Waals surface area contributed by atoms with Gasteiger partial charge in [0.15, 0.2) is 0 Å². The molecule has 0 fully saturated rings. The number of hydrogen-bond donors (Lipinski definition) is 1. The third-order valence-corrected chi connectivity index (χ3v) is 5.29. The van der Waals surface area contributed by atoms with Gasteiger partial charge < -0.3 is 9.26 Å². The Balaban J connectivity index is 1.98. The Morgan fingerprint density at radius 3 is 2.68 bits per heavy atom. The third-order valence-electron chi connectivity index (χ3n) is 3.66. The molecule has 0 heterocycles. The van der Waals surface area contributed by atoms with E-state index in [1.165, 1.54) is 0 Å². The molecule has 0 amide bonds. The molecule has 136 valence electrons. The quantitative estimate of drug-likeness (QED) is 0.362. The van der Waals surface area contributed by atoms with Crippen molar-refractivity contribution in [3.63, 3.8) is 0 Å². The maximum atomic E-state index is 12.5. The van der Waals surface area contributed by atoms with Crippen molar-refractivity contribution in [3.8, 4) is 5.75 Å². The Morgan fingerprint density at radius 1 is 1.20 bits per heavy atom. The van der Waals surface area contributed by atoms with E-state index < -0.39 is 18.9 Å². The van der Waals surface area contributed by atoms with E-state index in [2.05, 4.69) is 12.0 Å². The van der Waals surface area contributed by atoms with Gasteiger partial charge in [-0.1, -0.05) is 56.2 Å². The maximum absolute atomic E-state index is 12.5. The van der Waals surface area contributed by atoms with Crippen LogP contribution in [0.25, 0.3) is 10.8 Å². The Labute approximate surface area is 152 Å². The SMILES string of the molecule is CCCCCOC(=O)[C@H](C)NP(=O)(Cl)Oc1cccc2ccccc12. The summed E-state index contributed by atoms with van der Waals surface area (Å²) >= 11 is 6.01. The molecule has 1 unspecified atom stereocenters. The lowest BCUT2D eigenvalue weighted by molar-refractivity contribution is -0.145. The highest BCUT2D eigenvalue weighted by atomic mass is 35.7. The van der Waals surface area contributed by atoms with Crippen molar-refractivity contribution < 1.29 is 18.6 Å². The molecule has 0 saturated heterocycles. The number of nitrogens with one attached hydrogen (secondary N) is 1. The number of hydrogen-bond acceptors (Lipinski definition) is 4. The maximum Gasteiger partial charge on any atom is 0.409 e. The second-order valence-corrected chi connectivity index (χ2v) is 8.51. The molecule has 0 aliphatic heterocycles. The number of fused-ring (bicyclic) bond motifs is 1. The Kier molecular flexibility index (Phi) is 7.30.